The van der Waals surface area contributed by atoms with Crippen molar-refractivity contribution in [2.75, 3.05) is 0 Å². The second-order valence-electron chi connectivity index (χ2n) is 6.70. The number of benzene rings is 2. The molecule has 0 amide bonds. The van der Waals surface area contributed by atoms with Crippen LogP contribution in [0.5, 0.6) is 11.5 Å². The summed E-state index contributed by atoms with van der Waals surface area (Å²) in [7, 11) is 0. The van der Waals surface area contributed by atoms with Crippen LogP contribution in [0.25, 0.3) is 11.1 Å². The van der Waals surface area contributed by atoms with E-state index in [2.05, 4.69) is 4.98 Å². The molecule has 134 valence electrons. The van der Waals surface area contributed by atoms with Crippen molar-refractivity contribution in [3.63, 3.8) is 0 Å². The average molecular weight is 368 g/mol. The van der Waals surface area contributed by atoms with Gasteiger partial charge in [-0.25, -0.2) is 0 Å². The number of fused-ring (bicyclic) bond motifs is 1. The maximum Gasteiger partial charge on any atom is 0.193 e. The van der Waals surface area contributed by atoms with Gasteiger partial charge in [-0.3, -0.25) is 4.79 Å². The standard InChI is InChI=1S/C22H20ClNO2.H2/c1-14-21(22(25)19-4-2-3-5-20(19)24-14)15-6-10-17(11-7-15)26-18-12-8-16(23)9-13-18;/h6-13H,2-5H2,1H3,(H,24,25);1H. The lowest BCUT2D eigenvalue weighted by atomic mass is 9.91. The molecular formula is C22H22ClNO2. The number of aryl methyl sites for hydroxylation is 2. The van der Waals surface area contributed by atoms with E-state index in [1.54, 1.807) is 12.1 Å². The highest BCUT2D eigenvalue weighted by Crippen LogP contribution is 2.28. The first-order chi connectivity index (χ1) is 12.6. The van der Waals surface area contributed by atoms with Gasteiger partial charge in [0.25, 0.3) is 0 Å². The summed E-state index contributed by atoms with van der Waals surface area (Å²) in [6, 6.07) is 14.9. The number of H-pyrrole nitrogens is 1. The minimum absolute atomic E-state index is 0. The molecule has 1 aliphatic carbocycles. The molecule has 4 heteroatoms. The van der Waals surface area contributed by atoms with Gasteiger partial charge in [-0.15, -0.1) is 0 Å². The normalized spacial score (nSPS) is 13.3. The predicted octanol–water partition coefficient (Wildman–Crippen LogP) is 5.92. The molecule has 0 saturated heterocycles. The van der Waals surface area contributed by atoms with E-state index in [1.807, 2.05) is 43.3 Å². The van der Waals surface area contributed by atoms with Crippen LogP contribution in [0.1, 0.15) is 31.2 Å². The number of aromatic nitrogens is 1. The fourth-order valence-corrected chi connectivity index (χ4v) is 3.71. The monoisotopic (exact) mass is 367 g/mol. The molecule has 0 spiro atoms. The van der Waals surface area contributed by atoms with E-state index in [0.29, 0.717) is 5.02 Å². The van der Waals surface area contributed by atoms with Crippen molar-refractivity contribution in [1.29, 1.82) is 0 Å². The summed E-state index contributed by atoms with van der Waals surface area (Å²) in [4.78, 5) is 16.4. The Morgan fingerprint density at radius 3 is 2.27 bits per heavy atom. The number of nitrogens with one attached hydrogen (secondary N) is 1. The van der Waals surface area contributed by atoms with Gasteiger partial charge in [-0.1, -0.05) is 23.7 Å². The van der Waals surface area contributed by atoms with E-state index in [0.717, 1.165) is 65.3 Å². The largest absolute Gasteiger partial charge is 0.457 e. The molecule has 0 bridgehead atoms. The minimum atomic E-state index is 0. The number of aromatic amines is 1. The Hall–Kier alpha value is -2.52. The Morgan fingerprint density at radius 1 is 0.962 bits per heavy atom. The summed E-state index contributed by atoms with van der Waals surface area (Å²) >= 11 is 5.90. The summed E-state index contributed by atoms with van der Waals surface area (Å²) in [5.41, 5.74) is 4.86. The van der Waals surface area contributed by atoms with E-state index in [1.165, 1.54) is 0 Å². The van der Waals surface area contributed by atoms with Crippen molar-refractivity contribution in [2.45, 2.75) is 32.6 Å². The summed E-state index contributed by atoms with van der Waals surface area (Å²) in [5.74, 6) is 1.45. The molecule has 4 rings (SSSR count). The highest BCUT2D eigenvalue weighted by atomic mass is 35.5. The van der Waals surface area contributed by atoms with Crippen LogP contribution in [-0.2, 0) is 12.8 Å². The molecule has 0 unspecified atom stereocenters. The molecule has 1 aromatic heterocycles. The molecule has 1 N–H and O–H groups in total. The van der Waals surface area contributed by atoms with Crippen LogP contribution in [-0.4, -0.2) is 4.98 Å². The summed E-state index contributed by atoms with van der Waals surface area (Å²) < 4.78 is 5.83. The van der Waals surface area contributed by atoms with E-state index < -0.39 is 0 Å². The summed E-state index contributed by atoms with van der Waals surface area (Å²) in [6.07, 6.45) is 4.08. The Labute approximate surface area is 159 Å². The lowest BCUT2D eigenvalue weighted by Gasteiger charge is -2.18. The van der Waals surface area contributed by atoms with Gasteiger partial charge in [-0.05, 0) is 74.6 Å². The molecule has 1 heterocycles. The van der Waals surface area contributed by atoms with Crippen LogP contribution in [0.3, 0.4) is 0 Å². The topological polar surface area (TPSA) is 42.1 Å². The zero-order chi connectivity index (χ0) is 18.1. The summed E-state index contributed by atoms with van der Waals surface area (Å²) in [5, 5.41) is 0.676. The van der Waals surface area contributed by atoms with Crippen molar-refractivity contribution >= 4 is 11.6 Å². The molecule has 26 heavy (non-hydrogen) atoms. The van der Waals surface area contributed by atoms with Crippen molar-refractivity contribution in [2.24, 2.45) is 0 Å². The number of hydrogen-bond donors (Lipinski definition) is 1. The third-order valence-electron chi connectivity index (χ3n) is 4.87. The van der Waals surface area contributed by atoms with Gasteiger partial charge in [0.05, 0.1) is 0 Å². The maximum absolute atomic E-state index is 13.0. The van der Waals surface area contributed by atoms with E-state index in [4.69, 9.17) is 16.3 Å². The smallest absolute Gasteiger partial charge is 0.193 e. The highest BCUT2D eigenvalue weighted by Gasteiger charge is 2.18. The van der Waals surface area contributed by atoms with Crippen LogP contribution >= 0.6 is 11.6 Å². The molecule has 1 aliphatic rings. The first kappa shape index (κ1) is 16.9. The van der Waals surface area contributed by atoms with Crippen LogP contribution in [0.2, 0.25) is 5.02 Å². The Bertz CT molecular complexity index is 995. The van der Waals surface area contributed by atoms with Crippen LogP contribution in [0.4, 0.5) is 0 Å². The molecule has 0 aliphatic heterocycles. The van der Waals surface area contributed by atoms with Crippen molar-refractivity contribution in [1.82, 2.24) is 4.98 Å². The molecule has 0 saturated carbocycles. The van der Waals surface area contributed by atoms with E-state index in [-0.39, 0.29) is 6.86 Å². The Morgan fingerprint density at radius 2 is 1.58 bits per heavy atom. The molecule has 0 radical (unpaired) electrons. The highest BCUT2D eigenvalue weighted by molar-refractivity contribution is 6.30. The van der Waals surface area contributed by atoms with Gasteiger partial charge in [-0.2, -0.15) is 0 Å². The second-order valence-corrected chi connectivity index (χ2v) is 7.14. The second kappa shape index (κ2) is 7.00. The molecule has 2 aromatic carbocycles. The van der Waals surface area contributed by atoms with Crippen molar-refractivity contribution in [3.8, 4) is 22.6 Å². The van der Waals surface area contributed by atoms with Gasteiger partial charge in [0, 0.05) is 29.0 Å². The van der Waals surface area contributed by atoms with Crippen LogP contribution in [0, 0.1) is 6.92 Å². The maximum atomic E-state index is 13.0. The summed E-state index contributed by atoms with van der Waals surface area (Å²) in [6.45, 7) is 1.98. The van der Waals surface area contributed by atoms with Crippen LogP contribution < -0.4 is 10.2 Å². The fourth-order valence-electron chi connectivity index (χ4n) is 3.58. The van der Waals surface area contributed by atoms with Gasteiger partial charge >= 0.3 is 0 Å². The Balaban J connectivity index is 0.00000210. The van der Waals surface area contributed by atoms with Gasteiger partial charge in [0.2, 0.25) is 0 Å². The number of ether oxygens (including phenoxy) is 1. The number of rotatable bonds is 3. The molecular weight excluding hydrogens is 346 g/mol. The molecule has 3 nitrogen and oxygen atoms in total. The van der Waals surface area contributed by atoms with Gasteiger partial charge < -0.3 is 9.72 Å². The SMILES string of the molecule is Cc1[nH]c2c(c(=O)c1-c1ccc(Oc3ccc(Cl)cc3)cc1)CCCC2.[HH]. The Kier molecular flexibility index (Phi) is 4.56. The minimum Gasteiger partial charge on any atom is -0.457 e. The lowest BCUT2D eigenvalue weighted by molar-refractivity contribution is 0.483. The van der Waals surface area contributed by atoms with E-state index in [9.17, 15) is 4.79 Å². The van der Waals surface area contributed by atoms with Gasteiger partial charge in [0.15, 0.2) is 5.43 Å². The molecule has 0 atom stereocenters. The number of hydrogen-bond acceptors (Lipinski definition) is 2. The number of halogens is 1. The first-order valence-electron chi connectivity index (χ1n) is 8.90. The van der Waals surface area contributed by atoms with Crippen molar-refractivity contribution < 1.29 is 6.16 Å². The first-order valence-corrected chi connectivity index (χ1v) is 9.28. The predicted molar refractivity (Wildman–Crippen MR) is 108 cm³/mol. The fraction of sp³-hybridized carbons (Fsp3) is 0.227. The molecule has 3 aromatic rings. The third kappa shape index (κ3) is 3.27. The third-order valence-corrected chi connectivity index (χ3v) is 5.13. The molecule has 0 fully saturated rings. The zero-order valence-corrected chi connectivity index (χ0v) is 15.4. The quantitative estimate of drug-likeness (QED) is 0.624. The lowest BCUT2D eigenvalue weighted by Crippen LogP contribution is -2.21. The zero-order valence-electron chi connectivity index (χ0n) is 14.6. The average Bonchev–Trinajstić information content (AvgIpc) is 2.65. The van der Waals surface area contributed by atoms with Crippen molar-refractivity contribution in [3.05, 3.63) is 80.7 Å². The number of pyridine rings is 1. The van der Waals surface area contributed by atoms with Crippen LogP contribution in [0.15, 0.2) is 53.3 Å². The van der Waals surface area contributed by atoms with E-state index >= 15 is 0 Å². The van der Waals surface area contributed by atoms with Gasteiger partial charge in [0.1, 0.15) is 11.5 Å².